The van der Waals surface area contributed by atoms with Crippen LogP contribution in [0.2, 0.25) is 0 Å². The number of hydrogen-bond donors (Lipinski definition) is 0. The number of ether oxygens (including phenoxy) is 4. The average molecular weight is 472 g/mol. The molecular formula is C23H24N2O9. The van der Waals surface area contributed by atoms with Gasteiger partial charge in [0.1, 0.15) is 11.5 Å². The molecule has 2 aliphatic rings. The molecule has 0 aliphatic carbocycles. The standard InChI is InChI=1S/C23H24N2O9/c1-13-9-31-11-19(13)17-7-15(24(27)28)3-5-21(17)33-23(26)34-22-6-4-16(25(29)30)8-18(22)20-12-32-10-14(20)2/h3-8,13-14,19-20H,9-12H2,1-2H3. The van der Waals surface area contributed by atoms with E-state index in [2.05, 4.69) is 0 Å². The molecule has 11 nitrogen and oxygen atoms in total. The largest absolute Gasteiger partial charge is 0.519 e. The monoisotopic (exact) mass is 472 g/mol. The van der Waals surface area contributed by atoms with Gasteiger partial charge in [0.2, 0.25) is 0 Å². The molecule has 2 aromatic carbocycles. The van der Waals surface area contributed by atoms with Gasteiger partial charge < -0.3 is 18.9 Å². The van der Waals surface area contributed by atoms with Crippen LogP contribution in [-0.2, 0) is 9.47 Å². The molecule has 2 heterocycles. The quantitative estimate of drug-likeness (QED) is 0.256. The van der Waals surface area contributed by atoms with Crippen LogP contribution in [0.25, 0.3) is 0 Å². The molecule has 2 aromatic rings. The molecule has 2 fully saturated rings. The van der Waals surface area contributed by atoms with E-state index in [9.17, 15) is 25.0 Å². The zero-order valence-electron chi connectivity index (χ0n) is 18.7. The predicted molar refractivity (Wildman–Crippen MR) is 118 cm³/mol. The lowest BCUT2D eigenvalue weighted by Gasteiger charge is -2.19. The maximum atomic E-state index is 12.7. The highest BCUT2D eigenvalue weighted by molar-refractivity contribution is 5.69. The van der Waals surface area contributed by atoms with E-state index in [1.54, 1.807) is 0 Å². The molecular weight excluding hydrogens is 448 g/mol. The van der Waals surface area contributed by atoms with Gasteiger partial charge in [0.25, 0.3) is 11.4 Å². The summed E-state index contributed by atoms with van der Waals surface area (Å²) in [6, 6.07) is 8.00. The van der Waals surface area contributed by atoms with Crippen molar-refractivity contribution >= 4 is 17.5 Å². The maximum Gasteiger partial charge on any atom is 0.519 e. The number of carbonyl (C=O) groups is 1. The Morgan fingerprint density at radius 3 is 1.53 bits per heavy atom. The van der Waals surface area contributed by atoms with Crippen LogP contribution in [0.3, 0.4) is 0 Å². The van der Waals surface area contributed by atoms with E-state index in [1.807, 2.05) is 13.8 Å². The molecule has 11 heteroatoms. The van der Waals surface area contributed by atoms with Gasteiger partial charge >= 0.3 is 6.16 Å². The molecule has 0 amide bonds. The molecule has 4 rings (SSSR count). The Balaban J connectivity index is 1.61. The van der Waals surface area contributed by atoms with Gasteiger partial charge in [-0.2, -0.15) is 0 Å². The Labute approximate surface area is 194 Å². The number of nitro groups is 2. The van der Waals surface area contributed by atoms with E-state index in [-0.39, 0.29) is 46.5 Å². The van der Waals surface area contributed by atoms with Gasteiger partial charge in [-0.25, -0.2) is 4.79 Å². The Bertz CT molecular complexity index is 1030. The van der Waals surface area contributed by atoms with Crippen molar-refractivity contribution in [1.82, 2.24) is 0 Å². The van der Waals surface area contributed by atoms with Crippen LogP contribution in [0, 0.1) is 32.1 Å². The van der Waals surface area contributed by atoms with Crippen molar-refractivity contribution in [2.24, 2.45) is 11.8 Å². The number of rotatable bonds is 6. The Morgan fingerprint density at radius 2 is 1.21 bits per heavy atom. The van der Waals surface area contributed by atoms with Crippen molar-refractivity contribution in [3.05, 3.63) is 67.8 Å². The summed E-state index contributed by atoms with van der Waals surface area (Å²) in [6.45, 7) is 5.58. The summed E-state index contributed by atoms with van der Waals surface area (Å²) in [4.78, 5) is 34.3. The first-order chi connectivity index (χ1) is 16.2. The lowest BCUT2D eigenvalue weighted by Crippen LogP contribution is -2.18. The summed E-state index contributed by atoms with van der Waals surface area (Å²) in [5, 5.41) is 22.5. The van der Waals surface area contributed by atoms with E-state index in [0.717, 1.165) is 0 Å². The van der Waals surface area contributed by atoms with Crippen molar-refractivity contribution in [3.8, 4) is 11.5 Å². The highest BCUT2D eigenvalue weighted by atomic mass is 16.7. The van der Waals surface area contributed by atoms with Gasteiger partial charge in [0, 0.05) is 60.4 Å². The zero-order chi connectivity index (χ0) is 24.4. The first kappa shape index (κ1) is 23.6. The predicted octanol–water partition coefficient (Wildman–Crippen LogP) is 4.58. The minimum Gasteiger partial charge on any atom is -0.394 e. The number of nitrogens with zero attached hydrogens (tertiary/aromatic N) is 2. The van der Waals surface area contributed by atoms with E-state index < -0.39 is 16.0 Å². The summed E-state index contributed by atoms with van der Waals surface area (Å²) in [7, 11) is 0. The van der Waals surface area contributed by atoms with Crippen molar-refractivity contribution in [3.63, 3.8) is 0 Å². The lowest BCUT2D eigenvalue weighted by molar-refractivity contribution is -0.385. The van der Waals surface area contributed by atoms with Gasteiger partial charge in [-0.3, -0.25) is 20.2 Å². The van der Waals surface area contributed by atoms with Gasteiger partial charge in [-0.15, -0.1) is 0 Å². The first-order valence-corrected chi connectivity index (χ1v) is 10.9. The summed E-state index contributed by atoms with van der Waals surface area (Å²) < 4.78 is 21.9. The third-order valence-corrected chi connectivity index (χ3v) is 6.32. The van der Waals surface area contributed by atoms with Crippen LogP contribution < -0.4 is 9.47 Å². The minimum absolute atomic E-state index is 0.0745. The second-order valence-corrected chi connectivity index (χ2v) is 8.66. The highest BCUT2D eigenvalue weighted by Gasteiger charge is 2.33. The molecule has 4 atom stereocenters. The minimum atomic E-state index is -1.05. The smallest absolute Gasteiger partial charge is 0.394 e. The van der Waals surface area contributed by atoms with Crippen molar-refractivity contribution in [2.75, 3.05) is 26.4 Å². The molecule has 180 valence electrons. The highest BCUT2D eigenvalue weighted by Crippen LogP contribution is 2.40. The van der Waals surface area contributed by atoms with Gasteiger partial charge in [-0.1, -0.05) is 13.8 Å². The van der Waals surface area contributed by atoms with Crippen molar-refractivity contribution in [2.45, 2.75) is 25.7 Å². The van der Waals surface area contributed by atoms with Crippen LogP contribution in [-0.4, -0.2) is 42.4 Å². The molecule has 2 saturated heterocycles. The average Bonchev–Trinajstić information content (AvgIpc) is 3.41. The number of benzene rings is 2. The molecule has 0 spiro atoms. The Hall–Kier alpha value is -3.57. The summed E-state index contributed by atoms with van der Waals surface area (Å²) in [5.74, 6) is 0.0530. The molecule has 0 saturated carbocycles. The van der Waals surface area contributed by atoms with Crippen LogP contribution in [0.15, 0.2) is 36.4 Å². The zero-order valence-corrected chi connectivity index (χ0v) is 18.7. The van der Waals surface area contributed by atoms with Gasteiger partial charge in [0.05, 0.1) is 23.1 Å². The Kier molecular flexibility index (Phi) is 6.75. The molecule has 0 radical (unpaired) electrons. The first-order valence-electron chi connectivity index (χ1n) is 10.9. The van der Waals surface area contributed by atoms with Gasteiger partial charge in [-0.05, 0) is 24.0 Å². The molecule has 2 aliphatic heterocycles. The lowest BCUT2D eigenvalue weighted by atomic mass is 9.89. The van der Waals surface area contributed by atoms with Crippen LogP contribution in [0.4, 0.5) is 16.2 Å². The molecule has 0 aromatic heterocycles. The normalized spacial score (nSPS) is 24.1. The summed E-state index contributed by atoms with van der Waals surface area (Å²) in [5.41, 5.74) is 0.723. The second kappa shape index (κ2) is 9.74. The fourth-order valence-corrected chi connectivity index (χ4v) is 4.38. The van der Waals surface area contributed by atoms with E-state index in [1.165, 1.54) is 36.4 Å². The number of non-ortho nitro benzene ring substituents is 2. The van der Waals surface area contributed by atoms with Crippen LogP contribution in [0.1, 0.15) is 36.8 Å². The van der Waals surface area contributed by atoms with Gasteiger partial charge in [0.15, 0.2) is 0 Å². The fourth-order valence-electron chi connectivity index (χ4n) is 4.38. The van der Waals surface area contributed by atoms with Crippen molar-refractivity contribution in [1.29, 1.82) is 0 Å². The molecule has 34 heavy (non-hydrogen) atoms. The SMILES string of the molecule is CC1COCC1c1cc([N+](=O)[O-])ccc1OC(=O)Oc1ccc([N+](=O)[O-])cc1C1COCC1C. The van der Waals surface area contributed by atoms with E-state index in [4.69, 9.17) is 18.9 Å². The number of nitro benzene ring substituents is 2. The van der Waals surface area contributed by atoms with Crippen molar-refractivity contribution < 1.29 is 33.6 Å². The summed E-state index contributed by atoms with van der Waals surface area (Å²) in [6.07, 6.45) is -1.05. The maximum absolute atomic E-state index is 12.7. The fraction of sp³-hybridized carbons (Fsp3) is 0.435. The third-order valence-electron chi connectivity index (χ3n) is 6.32. The number of carbonyl (C=O) groups excluding carboxylic acids is 1. The van der Waals surface area contributed by atoms with E-state index >= 15 is 0 Å². The molecule has 0 N–H and O–H groups in total. The topological polar surface area (TPSA) is 140 Å². The second-order valence-electron chi connectivity index (χ2n) is 8.66. The Morgan fingerprint density at radius 1 is 0.794 bits per heavy atom. The van der Waals surface area contributed by atoms with Crippen LogP contribution in [0.5, 0.6) is 11.5 Å². The summed E-state index contributed by atoms with van der Waals surface area (Å²) >= 11 is 0. The van der Waals surface area contributed by atoms with Crippen LogP contribution >= 0.6 is 0 Å². The molecule has 0 bridgehead atoms. The number of hydrogen-bond acceptors (Lipinski definition) is 9. The molecule has 4 unspecified atom stereocenters. The third kappa shape index (κ3) is 4.85. The van der Waals surface area contributed by atoms with E-state index in [0.29, 0.717) is 37.6 Å².